The zero-order valence-electron chi connectivity index (χ0n) is 37.2. The van der Waals surface area contributed by atoms with Gasteiger partial charge in [-0.25, -0.2) is 4.57 Å². The highest BCUT2D eigenvalue weighted by Gasteiger charge is 2.51. The fourth-order valence-electron chi connectivity index (χ4n) is 7.01. The van der Waals surface area contributed by atoms with Crippen molar-refractivity contribution < 1.29 is 58.3 Å². The number of rotatable bonds is 39. The average Bonchev–Trinajstić information content (AvgIpc) is 3.23. The zero-order valence-corrected chi connectivity index (χ0v) is 38.1. The third kappa shape index (κ3) is 29.6. The highest BCUT2D eigenvalue weighted by Crippen LogP contribution is 2.47. The first-order valence-electron chi connectivity index (χ1n) is 23.5. The van der Waals surface area contributed by atoms with Gasteiger partial charge >= 0.3 is 13.8 Å². The Morgan fingerprint density at radius 2 is 0.967 bits per heavy atom. The number of esters is 1. The lowest BCUT2D eigenvalue weighted by molar-refractivity contribution is -0.220. The first-order valence-corrected chi connectivity index (χ1v) is 25.0. The van der Waals surface area contributed by atoms with Crippen molar-refractivity contribution in [3.63, 3.8) is 0 Å². The lowest BCUT2D eigenvalue weighted by Crippen LogP contribution is -2.64. The van der Waals surface area contributed by atoms with E-state index < -0.39 is 63.1 Å². The SMILES string of the molecule is CC/C=C\C/C=C\C/C=C\C/C=C\CCCOCC(COP(=O)(O)OC1C(O)C(O)C(O)C(O)C1O)OC(=O)CCCCCCCCCCCCCCCCCCCCC. The summed E-state index contributed by atoms with van der Waals surface area (Å²) in [7, 11) is -5.03. The van der Waals surface area contributed by atoms with Crippen LogP contribution >= 0.6 is 7.82 Å². The van der Waals surface area contributed by atoms with Gasteiger partial charge in [0.05, 0.1) is 13.2 Å². The monoisotopic (exact) mass is 873 g/mol. The van der Waals surface area contributed by atoms with Crippen LogP contribution in [0.4, 0.5) is 0 Å². The molecule has 0 aliphatic heterocycles. The number of aliphatic hydroxyl groups is 5. The molecule has 6 N–H and O–H groups in total. The van der Waals surface area contributed by atoms with Gasteiger partial charge < -0.3 is 39.9 Å². The summed E-state index contributed by atoms with van der Waals surface area (Å²) in [6, 6.07) is 0. The Morgan fingerprint density at radius 1 is 0.550 bits per heavy atom. The summed E-state index contributed by atoms with van der Waals surface area (Å²) < 4.78 is 34.1. The molecule has 1 saturated carbocycles. The molecule has 350 valence electrons. The van der Waals surface area contributed by atoms with E-state index in [1.807, 2.05) is 0 Å². The number of allylic oxidation sites excluding steroid dienone is 8. The van der Waals surface area contributed by atoms with Crippen molar-refractivity contribution >= 4 is 13.8 Å². The van der Waals surface area contributed by atoms with Crippen molar-refractivity contribution in [1.29, 1.82) is 0 Å². The Balaban J connectivity index is 2.40. The van der Waals surface area contributed by atoms with Crippen LogP contribution in [0.3, 0.4) is 0 Å². The molecule has 0 aromatic rings. The van der Waals surface area contributed by atoms with Gasteiger partial charge in [0.15, 0.2) is 0 Å². The number of ether oxygens (including phenoxy) is 2. The Bertz CT molecular complexity index is 1180. The lowest BCUT2D eigenvalue weighted by atomic mass is 9.85. The second kappa shape index (κ2) is 37.8. The van der Waals surface area contributed by atoms with E-state index in [0.29, 0.717) is 19.4 Å². The van der Waals surface area contributed by atoms with E-state index in [2.05, 4.69) is 62.5 Å². The standard InChI is InChI=1S/C47H85O12P/c1-3-5-7-9-11-13-15-17-19-20-21-22-23-24-26-28-30-32-34-36-41(48)58-40(38-56-37-35-33-31-29-27-25-18-16-14-12-10-8-6-4-2)39-57-60(54,55)59-47-45(52)43(50)42(49)44(51)46(47)53/h6,8,12,14,18,25,29,31,40,42-47,49-53H,3-5,7,9-11,13,15-17,19-24,26-28,30,32-39H2,1-2H3,(H,54,55)/b8-6-,14-12-,25-18-,31-29-. The van der Waals surface area contributed by atoms with Crippen molar-refractivity contribution in [2.24, 2.45) is 0 Å². The number of phosphoric acid groups is 1. The molecule has 0 radical (unpaired) electrons. The second-order valence-electron chi connectivity index (χ2n) is 16.2. The van der Waals surface area contributed by atoms with Crippen LogP contribution in [0.5, 0.6) is 0 Å². The van der Waals surface area contributed by atoms with Crippen molar-refractivity contribution in [1.82, 2.24) is 0 Å². The summed E-state index contributed by atoms with van der Waals surface area (Å²) in [5, 5.41) is 50.2. The first kappa shape index (κ1) is 56.3. The molecule has 0 saturated heterocycles. The summed E-state index contributed by atoms with van der Waals surface area (Å²) in [6.07, 6.45) is 33.4. The molecular weight excluding hydrogens is 787 g/mol. The maximum atomic E-state index is 12.8. The molecule has 12 nitrogen and oxygen atoms in total. The van der Waals surface area contributed by atoms with Crippen LogP contribution in [0.1, 0.15) is 181 Å². The molecule has 6 unspecified atom stereocenters. The average molecular weight is 873 g/mol. The Hall–Kier alpha value is -1.70. The normalized spacial score (nSPS) is 22.7. The predicted molar refractivity (Wildman–Crippen MR) is 239 cm³/mol. The molecule has 0 spiro atoms. The molecule has 0 amide bonds. The Kier molecular flexibility index (Phi) is 35.5. The maximum absolute atomic E-state index is 12.8. The van der Waals surface area contributed by atoms with E-state index in [1.165, 1.54) is 96.3 Å². The van der Waals surface area contributed by atoms with Crippen molar-refractivity contribution in [3.05, 3.63) is 48.6 Å². The molecule has 1 aliphatic carbocycles. The number of carbonyl (C=O) groups is 1. The molecule has 1 fully saturated rings. The van der Waals surface area contributed by atoms with Gasteiger partial charge in [-0.05, 0) is 44.9 Å². The molecule has 1 aliphatic rings. The summed E-state index contributed by atoms with van der Waals surface area (Å²) in [5.74, 6) is -0.494. The number of phosphoric ester groups is 1. The van der Waals surface area contributed by atoms with Gasteiger partial charge in [-0.15, -0.1) is 0 Å². The number of hydrogen-bond donors (Lipinski definition) is 6. The van der Waals surface area contributed by atoms with Crippen LogP contribution in [0.2, 0.25) is 0 Å². The van der Waals surface area contributed by atoms with Crippen LogP contribution in [0.15, 0.2) is 48.6 Å². The third-order valence-corrected chi connectivity index (χ3v) is 11.7. The Labute approximate surface area is 363 Å². The highest BCUT2D eigenvalue weighted by molar-refractivity contribution is 7.47. The summed E-state index contributed by atoms with van der Waals surface area (Å²) >= 11 is 0. The molecule has 0 bridgehead atoms. The van der Waals surface area contributed by atoms with Crippen molar-refractivity contribution in [2.75, 3.05) is 19.8 Å². The summed E-state index contributed by atoms with van der Waals surface area (Å²) in [4.78, 5) is 23.2. The van der Waals surface area contributed by atoms with Crippen LogP contribution in [-0.4, -0.2) is 98.9 Å². The van der Waals surface area contributed by atoms with E-state index >= 15 is 0 Å². The van der Waals surface area contributed by atoms with E-state index in [4.69, 9.17) is 18.5 Å². The highest BCUT2D eigenvalue weighted by atomic mass is 31.2. The molecule has 0 aromatic heterocycles. The third-order valence-electron chi connectivity index (χ3n) is 10.7. The number of carbonyl (C=O) groups excluding carboxylic acids is 1. The van der Waals surface area contributed by atoms with E-state index in [-0.39, 0.29) is 13.0 Å². The number of aliphatic hydroxyl groups excluding tert-OH is 5. The minimum Gasteiger partial charge on any atom is -0.457 e. The smallest absolute Gasteiger partial charge is 0.457 e. The number of unbranched alkanes of at least 4 members (excludes halogenated alkanes) is 19. The van der Waals surface area contributed by atoms with Gasteiger partial charge in [0, 0.05) is 13.0 Å². The van der Waals surface area contributed by atoms with Gasteiger partial charge in [-0.1, -0.05) is 178 Å². The van der Waals surface area contributed by atoms with Crippen LogP contribution in [-0.2, 0) is 27.9 Å². The maximum Gasteiger partial charge on any atom is 0.472 e. The Morgan fingerprint density at radius 3 is 1.43 bits per heavy atom. The van der Waals surface area contributed by atoms with Crippen molar-refractivity contribution in [3.8, 4) is 0 Å². The van der Waals surface area contributed by atoms with Crippen LogP contribution in [0.25, 0.3) is 0 Å². The summed E-state index contributed by atoms with van der Waals surface area (Å²) in [5.41, 5.74) is 0. The fourth-order valence-corrected chi connectivity index (χ4v) is 7.98. The van der Waals surface area contributed by atoms with Crippen molar-refractivity contribution in [2.45, 2.75) is 224 Å². The van der Waals surface area contributed by atoms with Gasteiger partial charge in [0.2, 0.25) is 0 Å². The van der Waals surface area contributed by atoms with Gasteiger partial charge in [-0.3, -0.25) is 13.8 Å². The van der Waals surface area contributed by atoms with Crippen LogP contribution < -0.4 is 0 Å². The van der Waals surface area contributed by atoms with Gasteiger partial charge in [0.25, 0.3) is 0 Å². The second-order valence-corrected chi connectivity index (χ2v) is 17.6. The molecule has 60 heavy (non-hydrogen) atoms. The van der Waals surface area contributed by atoms with Gasteiger partial charge in [-0.2, -0.15) is 0 Å². The minimum absolute atomic E-state index is 0.114. The van der Waals surface area contributed by atoms with Gasteiger partial charge in [0.1, 0.15) is 42.7 Å². The quantitative estimate of drug-likeness (QED) is 0.0149. The van der Waals surface area contributed by atoms with E-state index in [1.54, 1.807) is 0 Å². The zero-order chi connectivity index (χ0) is 44.1. The van der Waals surface area contributed by atoms with E-state index in [9.17, 15) is 39.8 Å². The molecule has 0 aromatic carbocycles. The van der Waals surface area contributed by atoms with Crippen LogP contribution in [0, 0.1) is 0 Å². The fraction of sp³-hybridized carbons (Fsp3) is 0.809. The number of hydrogen-bond acceptors (Lipinski definition) is 11. The molecule has 1 rings (SSSR count). The summed E-state index contributed by atoms with van der Waals surface area (Å²) in [6.45, 7) is 4.02. The lowest BCUT2D eigenvalue weighted by Gasteiger charge is -2.41. The molecule has 0 heterocycles. The van der Waals surface area contributed by atoms with E-state index in [0.717, 1.165) is 51.4 Å². The predicted octanol–water partition coefficient (Wildman–Crippen LogP) is 9.64. The largest absolute Gasteiger partial charge is 0.472 e. The minimum atomic E-state index is -5.03. The molecular formula is C47H85O12P. The first-order chi connectivity index (χ1) is 29.0. The topological polar surface area (TPSA) is 192 Å². The molecule has 13 heteroatoms. The molecule has 6 atom stereocenters.